The molecule has 25 heavy (non-hydrogen) atoms. The molecule has 0 unspecified atom stereocenters. The van der Waals surface area contributed by atoms with Crippen molar-refractivity contribution >= 4 is 17.4 Å². The van der Waals surface area contributed by atoms with Crippen LogP contribution in [0.1, 0.15) is 16.8 Å². The Morgan fingerprint density at radius 3 is 2.48 bits per heavy atom. The van der Waals surface area contributed by atoms with Gasteiger partial charge in [-0.3, -0.25) is 9.89 Å². The maximum Gasteiger partial charge on any atom is 0.274 e. The second-order valence-corrected chi connectivity index (χ2v) is 6.40. The summed E-state index contributed by atoms with van der Waals surface area (Å²) in [5.74, 6) is 0.986. The molecule has 5 nitrogen and oxygen atoms in total. The van der Waals surface area contributed by atoms with E-state index in [9.17, 15) is 4.79 Å². The Kier molecular flexibility index (Phi) is 3.86. The van der Waals surface area contributed by atoms with E-state index in [4.69, 9.17) is 11.6 Å². The molecule has 124 valence electrons. The zero-order chi connectivity index (χ0) is 17.4. The van der Waals surface area contributed by atoms with Crippen LogP contribution in [0.15, 0.2) is 59.4 Å². The van der Waals surface area contributed by atoms with Crippen LogP contribution in [0.25, 0.3) is 17.2 Å². The van der Waals surface area contributed by atoms with Crippen molar-refractivity contribution < 1.29 is 0 Å². The van der Waals surface area contributed by atoms with Crippen LogP contribution < -0.4 is 5.56 Å². The minimum Gasteiger partial charge on any atom is -0.271 e. The van der Waals surface area contributed by atoms with E-state index >= 15 is 0 Å². The maximum absolute atomic E-state index is 12.4. The molecule has 0 bridgehead atoms. The highest BCUT2D eigenvalue weighted by molar-refractivity contribution is 6.30. The van der Waals surface area contributed by atoms with E-state index in [0.717, 1.165) is 11.1 Å². The molecule has 4 aromatic rings. The molecule has 0 spiro atoms. The Hall–Kier alpha value is -2.92. The largest absolute Gasteiger partial charge is 0.274 e. The van der Waals surface area contributed by atoms with E-state index in [1.807, 2.05) is 55.5 Å². The number of H-pyrrole nitrogens is 1. The van der Waals surface area contributed by atoms with Crippen molar-refractivity contribution in [1.29, 1.82) is 0 Å². The third kappa shape index (κ3) is 3.19. The molecular formula is C19H15ClN4O. The standard InChI is InChI=1S/C19H15ClN4O/c1-12-2-6-14(7-3-12)18-22-19-21-16(11-17(25)24(19)23-18)10-13-4-8-15(20)9-5-13/h2-9,11H,10H2,1H3,(H,21,22,23). The summed E-state index contributed by atoms with van der Waals surface area (Å²) in [4.78, 5) is 21.3. The summed E-state index contributed by atoms with van der Waals surface area (Å²) in [6.45, 7) is 2.03. The minimum atomic E-state index is -0.181. The Bertz CT molecular complexity index is 1100. The van der Waals surface area contributed by atoms with Gasteiger partial charge in [0.15, 0.2) is 5.82 Å². The molecule has 2 heterocycles. The topological polar surface area (TPSA) is 63.1 Å². The molecule has 0 aliphatic rings. The van der Waals surface area contributed by atoms with E-state index in [0.29, 0.717) is 28.7 Å². The lowest BCUT2D eigenvalue weighted by molar-refractivity contribution is 0.882. The lowest BCUT2D eigenvalue weighted by Gasteiger charge is -2.01. The first-order valence-electron chi connectivity index (χ1n) is 7.89. The van der Waals surface area contributed by atoms with Crippen molar-refractivity contribution in [1.82, 2.24) is 19.6 Å². The fourth-order valence-electron chi connectivity index (χ4n) is 2.67. The van der Waals surface area contributed by atoms with E-state index in [1.165, 1.54) is 16.1 Å². The number of nitrogens with zero attached hydrogens (tertiary/aromatic N) is 3. The smallest absolute Gasteiger partial charge is 0.271 e. The average Bonchev–Trinajstić information content (AvgIpc) is 3.02. The zero-order valence-electron chi connectivity index (χ0n) is 13.5. The summed E-state index contributed by atoms with van der Waals surface area (Å²) in [5, 5.41) is 3.69. The summed E-state index contributed by atoms with van der Waals surface area (Å²) in [7, 11) is 0. The number of rotatable bonds is 3. The quantitative estimate of drug-likeness (QED) is 0.613. The van der Waals surface area contributed by atoms with Gasteiger partial charge in [-0.25, -0.2) is 4.98 Å². The highest BCUT2D eigenvalue weighted by Gasteiger charge is 2.10. The van der Waals surface area contributed by atoms with Gasteiger partial charge in [-0.1, -0.05) is 53.6 Å². The van der Waals surface area contributed by atoms with Gasteiger partial charge in [0.25, 0.3) is 11.3 Å². The normalized spacial score (nSPS) is 11.1. The first-order chi connectivity index (χ1) is 12.1. The van der Waals surface area contributed by atoms with Crippen molar-refractivity contribution in [3.8, 4) is 11.4 Å². The van der Waals surface area contributed by atoms with Crippen LogP contribution in [-0.4, -0.2) is 19.6 Å². The number of hydrogen-bond acceptors (Lipinski definition) is 3. The van der Waals surface area contributed by atoms with Crippen molar-refractivity contribution in [2.75, 3.05) is 0 Å². The number of aryl methyl sites for hydroxylation is 1. The van der Waals surface area contributed by atoms with E-state index < -0.39 is 0 Å². The Morgan fingerprint density at radius 2 is 1.76 bits per heavy atom. The number of halogens is 1. The van der Waals surface area contributed by atoms with Crippen molar-refractivity contribution in [2.24, 2.45) is 0 Å². The van der Waals surface area contributed by atoms with Gasteiger partial charge in [0.1, 0.15) is 0 Å². The van der Waals surface area contributed by atoms with Gasteiger partial charge >= 0.3 is 0 Å². The summed E-state index contributed by atoms with van der Waals surface area (Å²) < 4.78 is 1.36. The number of aromatic amines is 1. The third-order valence-corrected chi connectivity index (χ3v) is 4.26. The third-order valence-electron chi connectivity index (χ3n) is 4.01. The first kappa shape index (κ1) is 15.6. The second kappa shape index (κ2) is 6.18. The van der Waals surface area contributed by atoms with Crippen molar-refractivity contribution in [3.05, 3.63) is 86.8 Å². The number of nitrogens with one attached hydrogen (secondary N) is 1. The van der Waals surface area contributed by atoms with Gasteiger partial charge in [0.05, 0.1) is 5.69 Å². The Labute approximate surface area is 148 Å². The summed E-state index contributed by atoms with van der Waals surface area (Å²) in [6, 6.07) is 17.0. The Morgan fingerprint density at radius 1 is 1.04 bits per heavy atom. The SMILES string of the molecule is Cc1ccc(-c2nc3nc(Cc4ccc(Cl)cc4)cc(=O)n3[nH]2)cc1. The maximum atomic E-state index is 12.4. The van der Waals surface area contributed by atoms with Gasteiger partial charge in [0, 0.05) is 23.1 Å². The van der Waals surface area contributed by atoms with Gasteiger partial charge < -0.3 is 0 Å². The van der Waals surface area contributed by atoms with Crippen LogP contribution in [0.3, 0.4) is 0 Å². The molecule has 0 fully saturated rings. The van der Waals surface area contributed by atoms with E-state index in [-0.39, 0.29) is 5.56 Å². The molecule has 0 atom stereocenters. The molecule has 2 aromatic carbocycles. The van der Waals surface area contributed by atoms with Crippen LogP contribution in [0, 0.1) is 6.92 Å². The zero-order valence-corrected chi connectivity index (χ0v) is 14.3. The minimum absolute atomic E-state index is 0.181. The fraction of sp³-hybridized carbons (Fsp3) is 0.105. The fourth-order valence-corrected chi connectivity index (χ4v) is 2.80. The molecule has 0 aliphatic heterocycles. The van der Waals surface area contributed by atoms with Crippen LogP contribution in [0.2, 0.25) is 5.02 Å². The molecule has 6 heteroatoms. The summed E-state index contributed by atoms with van der Waals surface area (Å²) >= 11 is 5.91. The van der Waals surface area contributed by atoms with Crippen molar-refractivity contribution in [2.45, 2.75) is 13.3 Å². The number of benzene rings is 2. The van der Waals surface area contributed by atoms with Crippen LogP contribution in [-0.2, 0) is 6.42 Å². The molecule has 0 saturated heterocycles. The van der Waals surface area contributed by atoms with E-state index in [1.54, 1.807) is 0 Å². The number of fused-ring (bicyclic) bond motifs is 1. The Balaban J connectivity index is 1.72. The molecular weight excluding hydrogens is 336 g/mol. The molecule has 2 aromatic heterocycles. The summed E-state index contributed by atoms with van der Waals surface area (Å²) in [6.07, 6.45) is 0.551. The molecule has 0 saturated carbocycles. The lowest BCUT2D eigenvalue weighted by Crippen LogP contribution is -2.15. The predicted molar refractivity (Wildman–Crippen MR) is 98.0 cm³/mol. The number of hydrogen-bond donors (Lipinski definition) is 1. The number of aromatic nitrogens is 4. The molecule has 0 amide bonds. The van der Waals surface area contributed by atoms with Crippen LogP contribution in [0.4, 0.5) is 0 Å². The first-order valence-corrected chi connectivity index (χ1v) is 8.26. The molecule has 0 radical (unpaired) electrons. The summed E-state index contributed by atoms with van der Waals surface area (Å²) in [5.41, 5.74) is 3.61. The second-order valence-electron chi connectivity index (χ2n) is 5.96. The van der Waals surface area contributed by atoms with E-state index in [2.05, 4.69) is 15.1 Å². The highest BCUT2D eigenvalue weighted by Crippen LogP contribution is 2.16. The van der Waals surface area contributed by atoms with Gasteiger partial charge in [-0.2, -0.15) is 9.50 Å². The molecule has 0 aliphatic carbocycles. The van der Waals surface area contributed by atoms with Crippen molar-refractivity contribution in [3.63, 3.8) is 0 Å². The van der Waals surface area contributed by atoms with Crippen LogP contribution >= 0.6 is 11.6 Å². The predicted octanol–water partition coefficient (Wildman–Crippen LogP) is 3.64. The van der Waals surface area contributed by atoms with Gasteiger partial charge in [0.2, 0.25) is 0 Å². The molecule has 4 rings (SSSR count). The highest BCUT2D eigenvalue weighted by atomic mass is 35.5. The monoisotopic (exact) mass is 350 g/mol. The van der Waals surface area contributed by atoms with Gasteiger partial charge in [-0.15, -0.1) is 0 Å². The van der Waals surface area contributed by atoms with Crippen LogP contribution in [0.5, 0.6) is 0 Å². The average molecular weight is 351 g/mol. The van der Waals surface area contributed by atoms with Gasteiger partial charge in [-0.05, 0) is 24.6 Å². The lowest BCUT2D eigenvalue weighted by atomic mass is 10.1. The molecule has 1 N–H and O–H groups in total.